The lowest BCUT2D eigenvalue weighted by Gasteiger charge is -2.05. The molecule has 0 radical (unpaired) electrons. The van der Waals surface area contributed by atoms with Crippen molar-refractivity contribution >= 4 is 11.9 Å². The lowest BCUT2D eigenvalue weighted by atomic mass is 10.3. The monoisotopic (exact) mass is 295 g/mol. The summed E-state index contributed by atoms with van der Waals surface area (Å²) in [4.78, 5) is 18.2. The van der Waals surface area contributed by atoms with Crippen LogP contribution in [0.2, 0.25) is 0 Å². The van der Waals surface area contributed by atoms with Gasteiger partial charge in [-0.25, -0.2) is 9.59 Å². The maximum atomic E-state index is 9.10. The van der Waals surface area contributed by atoms with E-state index in [4.69, 9.17) is 24.5 Å². The summed E-state index contributed by atoms with van der Waals surface area (Å²) in [7, 11) is 0. The molecule has 0 aromatic heterocycles. The van der Waals surface area contributed by atoms with Gasteiger partial charge in [-0.05, 0) is 31.5 Å². The Morgan fingerprint density at radius 1 is 1.14 bits per heavy atom. The number of hydrogen-bond donors (Lipinski definition) is 3. The van der Waals surface area contributed by atoms with E-state index in [9.17, 15) is 0 Å². The summed E-state index contributed by atoms with van der Waals surface area (Å²) in [6, 6.07) is 9.93. The Kier molecular flexibility index (Phi) is 11.3. The number of aliphatic carboxylic acids is 2. The van der Waals surface area contributed by atoms with Gasteiger partial charge >= 0.3 is 11.9 Å². The lowest BCUT2D eigenvalue weighted by Crippen LogP contribution is -2.15. The molecule has 0 aliphatic rings. The van der Waals surface area contributed by atoms with E-state index in [-0.39, 0.29) is 0 Å². The van der Waals surface area contributed by atoms with Crippen molar-refractivity contribution in [1.82, 2.24) is 5.32 Å². The van der Waals surface area contributed by atoms with Crippen LogP contribution in [0.1, 0.15) is 12.8 Å². The van der Waals surface area contributed by atoms with E-state index < -0.39 is 11.9 Å². The number of carboxylic acid groups (broad SMARTS) is 2. The van der Waals surface area contributed by atoms with Crippen molar-refractivity contribution in [3.63, 3.8) is 0 Å². The molecule has 0 aliphatic carbocycles. The van der Waals surface area contributed by atoms with Crippen LogP contribution >= 0.6 is 0 Å². The van der Waals surface area contributed by atoms with Gasteiger partial charge < -0.3 is 20.3 Å². The number of carboxylic acids is 2. The lowest BCUT2D eigenvalue weighted by molar-refractivity contribution is -0.159. The molecule has 0 atom stereocenters. The van der Waals surface area contributed by atoms with Crippen LogP contribution in [0.15, 0.2) is 43.0 Å². The van der Waals surface area contributed by atoms with Gasteiger partial charge in [0.2, 0.25) is 0 Å². The van der Waals surface area contributed by atoms with Crippen LogP contribution < -0.4 is 10.1 Å². The summed E-state index contributed by atoms with van der Waals surface area (Å²) < 4.78 is 5.56. The van der Waals surface area contributed by atoms with E-state index in [1.807, 2.05) is 36.4 Å². The van der Waals surface area contributed by atoms with Crippen LogP contribution in [0, 0.1) is 0 Å². The number of carbonyl (C=O) groups is 2. The average molecular weight is 295 g/mol. The molecule has 21 heavy (non-hydrogen) atoms. The van der Waals surface area contributed by atoms with E-state index in [1.165, 1.54) is 0 Å². The number of nitrogens with one attached hydrogen (secondary N) is 1. The van der Waals surface area contributed by atoms with Gasteiger partial charge in [-0.3, -0.25) is 0 Å². The number of para-hydroxylation sites is 1. The normalized spacial score (nSPS) is 9.14. The first-order valence-corrected chi connectivity index (χ1v) is 6.53. The molecule has 0 saturated carbocycles. The molecule has 0 fully saturated rings. The standard InChI is InChI=1S/C13H19NO.C2H2O4/c1-2-10-14-11-6-7-12-15-13-8-4-3-5-9-13;3-1(4)2(5)6/h2-5,8-9,14H,1,6-7,10-12H2;(H,3,4)(H,5,6). The van der Waals surface area contributed by atoms with Gasteiger partial charge in [-0.15, -0.1) is 6.58 Å². The first-order chi connectivity index (χ1) is 10.1. The smallest absolute Gasteiger partial charge is 0.414 e. The molecule has 6 heteroatoms. The van der Waals surface area contributed by atoms with E-state index in [0.717, 1.165) is 38.3 Å². The number of benzene rings is 1. The zero-order valence-electron chi connectivity index (χ0n) is 11.8. The number of unbranched alkanes of at least 4 members (excludes halogenated alkanes) is 1. The molecule has 0 aliphatic heterocycles. The SMILES string of the molecule is C=CCNCCCCOc1ccccc1.O=C(O)C(=O)O. The molecule has 116 valence electrons. The highest BCUT2D eigenvalue weighted by Crippen LogP contribution is 2.08. The molecule has 1 rings (SSSR count). The summed E-state index contributed by atoms with van der Waals surface area (Å²) in [6.07, 6.45) is 4.10. The fourth-order valence-corrected chi connectivity index (χ4v) is 1.26. The van der Waals surface area contributed by atoms with Crippen molar-refractivity contribution < 1.29 is 24.5 Å². The number of rotatable bonds is 8. The van der Waals surface area contributed by atoms with Gasteiger partial charge in [0.25, 0.3) is 0 Å². The number of hydrogen-bond acceptors (Lipinski definition) is 4. The summed E-state index contributed by atoms with van der Waals surface area (Å²) >= 11 is 0. The minimum atomic E-state index is -1.82. The predicted octanol–water partition coefficient (Wildman–Crippen LogP) is 1.78. The minimum Gasteiger partial charge on any atom is -0.494 e. The summed E-state index contributed by atoms with van der Waals surface area (Å²) in [6.45, 7) is 6.36. The first-order valence-electron chi connectivity index (χ1n) is 6.53. The fourth-order valence-electron chi connectivity index (χ4n) is 1.26. The Morgan fingerprint density at radius 3 is 2.29 bits per heavy atom. The van der Waals surface area contributed by atoms with Crippen LogP contribution in [0.3, 0.4) is 0 Å². The Balaban J connectivity index is 0.000000567. The average Bonchev–Trinajstić information content (AvgIpc) is 2.48. The zero-order chi connectivity index (χ0) is 15.9. The van der Waals surface area contributed by atoms with Crippen LogP contribution in [0.25, 0.3) is 0 Å². The third-order valence-electron chi connectivity index (χ3n) is 2.23. The van der Waals surface area contributed by atoms with E-state index in [1.54, 1.807) is 0 Å². The molecule has 0 amide bonds. The van der Waals surface area contributed by atoms with E-state index >= 15 is 0 Å². The second-order valence-electron chi connectivity index (χ2n) is 3.97. The van der Waals surface area contributed by atoms with Crippen molar-refractivity contribution in [2.75, 3.05) is 19.7 Å². The molecule has 1 aromatic carbocycles. The Morgan fingerprint density at radius 2 is 1.76 bits per heavy atom. The molecule has 0 spiro atoms. The van der Waals surface area contributed by atoms with Crippen molar-refractivity contribution in [3.8, 4) is 5.75 Å². The highest BCUT2D eigenvalue weighted by Gasteiger charge is 2.04. The molecule has 0 heterocycles. The molecule has 0 bridgehead atoms. The number of ether oxygens (including phenoxy) is 1. The third kappa shape index (κ3) is 12.4. The third-order valence-corrected chi connectivity index (χ3v) is 2.23. The Labute approximate surface area is 124 Å². The Hall–Kier alpha value is -2.34. The van der Waals surface area contributed by atoms with Gasteiger partial charge in [0.15, 0.2) is 0 Å². The summed E-state index contributed by atoms with van der Waals surface area (Å²) in [5, 5.41) is 18.0. The topological polar surface area (TPSA) is 95.9 Å². The maximum absolute atomic E-state index is 9.10. The second-order valence-corrected chi connectivity index (χ2v) is 3.97. The zero-order valence-corrected chi connectivity index (χ0v) is 11.8. The van der Waals surface area contributed by atoms with Gasteiger partial charge in [-0.1, -0.05) is 24.3 Å². The van der Waals surface area contributed by atoms with Crippen LogP contribution in [-0.2, 0) is 9.59 Å². The van der Waals surface area contributed by atoms with Gasteiger partial charge in [0.1, 0.15) is 5.75 Å². The van der Waals surface area contributed by atoms with Gasteiger partial charge in [0.05, 0.1) is 6.61 Å². The summed E-state index contributed by atoms with van der Waals surface area (Å²) in [5.41, 5.74) is 0. The predicted molar refractivity (Wildman–Crippen MR) is 79.5 cm³/mol. The molecule has 6 nitrogen and oxygen atoms in total. The highest BCUT2D eigenvalue weighted by atomic mass is 16.5. The van der Waals surface area contributed by atoms with Crippen molar-refractivity contribution in [2.45, 2.75) is 12.8 Å². The first kappa shape index (κ1) is 18.7. The Bertz CT molecular complexity index is 407. The minimum absolute atomic E-state index is 0.791. The quantitative estimate of drug-likeness (QED) is 0.384. The summed E-state index contributed by atoms with van der Waals surface area (Å²) in [5.74, 6) is -2.69. The van der Waals surface area contributed by atoms with Crippen molar-refractivity contribution in [2.24, 2.45) is 0 Å². The van der Waals surface area contributed by atoms with Crippen molar-refractivity contribution in [1.29, 1.82) is 0 Å². The fraction of sp³-hybridized carbons (Fsp3) is 0.333. The molecular weight excluding hydrogens is 274 g/mol. The van der Waals surface area contributed by atoms with Gasteiger partial charge in [0, 0.05) is 6.54 Å². The molecule has 1 aromatic rings. The van der Waals surface area contributed by atoms with E-state index in [0.29, 0.717) is 0 Å². The molecule has 3 N–H and O–H groups in total. The maximum Gasteiger partial charge on any atom is 0.414 e. The van der Waals surface area contributed by atoms with Gasteiger partial charge in [-0.2, -0.15) is 0 Å². The second kappa shape index (κ2) is 12.7. The van der Waals surface area contributed by atoms with Crippen LogP contribution in [0.5, 0.6) is 5.75 Å². The molecule has 0 unspecified atom stereocenters. The molecule has 0 saturated heterocycles. The van der Waals surface area contributed by atoms with E-state index in [2.05, 4.69) is 11.9 Å². The van der Waals surface area contributed by atoms with Crippen LogP contribution in [0.4, 0.5) is 0 Å². The molecular formula is C15H21NO5. The highest BCUT2D eigenvalue weighted by molar-refractivity contribution is 6.27. The van der Waals surface area contributed by atoms with Crippen LogP contribution in [-0.4, -0.2) is 41.8 Å². The largest absolute Gasteiger partial charge is 0.494 e. The van der Waals surface area contributed by atoms with Crippen molar-refractivity contribution in [3.05, 3.63) is 43.0 Å².